The summed E-state index contributed by atoms with van der Waals surface area (Å²) in [7, 11) is 1.67. The van der Waals surface area contributed by atoms with Crippen LogP contribution in [0.5, 0.6) is 11.5 Å². The zero-order valence-electron chi connectivity index (χ0n) is 18.3. The second kappa shape index (κ2) is 10.4. The molecule has 0 heterocycles. The van der Waals surface area contributed by atoms with Crippen LogP contribution in [0.4, 0.5) is 5.69 Å². The number of anilines is 1. The number of nitrogens with one attached hydrogen (secondary N) is 1. The summed E-state index contributed by atoms with van der Waals surface area (Å²) in [5, 5.41) is 3.55. The average Bonchev–Trinajstić information content (AvgIpc) is 2.83. The van der Waals surface area contributed by atoms with E-state index < -0.39 is 0 Å². The minimum atomic E-state index is 0.498. The summed E-state index contributed by atoms with van der Waals surface area (Å²) < 4.78 is 12.5. The van der Waals surface area contributed by atoms with E-state index in [0.29, 0.717) is 6.61 Å². The smallest absolute Gasteiger partial charge is 0.124 e. The van der Waals surface area contributed by atoms with Crippen LogP contribution >= 0.6 is 15.9 Å². The van der Waals surface area contributed by atoms with Crippen LogP contribution in [0.25, 0.3) is 11.1 Å². The Balaban J connectivity index is 1.40. The quantitative estimate of drug-likeness (QED) is 0.277. The summed E-state index contributed by atoms with van der Waals surface area (Å²) in [4.78, 5) is 0. The summed E-state index contributed by atoms with van der Waals surface area (Å²) in [6.07, 6.45) is 0. The second-order valence-electron chi connectivity index (χ2n) is 7.60. The van der Waals surface area contributed by atoms with Crippen LogP contribution in [0.1, 0.15) is 16.7 Å². The highest BCUT2D eigenvalue weighted by atomic mass is 79.9. The number of hydrogen-bond donors (Lipinski definition) is 1. The van der Waals surface area contributed by atoms with Crippen LogP contribution in [-0.2, 0) is 13.2 Å². The van der Waals surface area contributed by atoms with E-state index in [9.17, 15) is 0 Å². The van der Waals surface area contributed by atoms with Gasteiger partial charge in [0.2, 0.25) is 0 Å². The fourth-order valence-corrected chi connectivity index (χ4v) is 4.09. The van der Waals surface area contributed by atoms with Crippen LogP contribution in [0.15, 0.2) is 95.5 Å². The van der Waals surface area contributed by atoms with Gasteiger partial charge in [-0.1, -0.05) is 76.6 Å². The molecular formula is C28H26BrNO2. The molecule has 162 valence electrons. The number of methoxy groups -OCH3 is 1. The topological polar surface area (TPSA) is 30.5 Å². The predicted octanol–water partition coefficient (Wildman–Crippen LogP) is 7.62. The normalized spacial score (nSPS) is 10.6. The van der Waals surface area contributed by atoms with Crippen molar-refractivity contribution in [2.75, 3.05) is 12.4 Å². The fraction of sp³-hybridized carbons (Fsp3) is 0.143. The minimum absolute atomic E-state index is 0.498. The van der Waals surface area contributed by atoms with Crippen molar-refractivity contribution in [3.05, 3.63) is 112 Å². The van der Waals surface area contributed by atoms with E-state index in [1.165, 1.54) is 16.7 Å². The van der Waals surface area contributed by atoms with Crippen molar-refractivity contribution in [2.24, 2.45) is 0 Å². The summed E-state index contributed by atoms with van der Waals surface area (Å²) in [5.41, 5.74) is 6.87. The Morgan fingerprint density at radius 1 is 0.812 bits per heavy atom. The molecule has 0 aliphatic carbocycles. The molecule has 32 heavy (non-hydrogen) atoms. The molecule has 0 aliphatic heterocycles. The number of rotatable bonds is 8. The third kappa shape index (κ3) is 5.32. The first-order chi connectivity index (χ1) is 15.6. The molecule has 1 N–H and O–H groups in total. The maximum absolute atomic E-state index is 6.09. The third-order valence-electron chi connectivity index (χ3n) is 5.43. The van der Waals surface area contributed by atoms with E-state index in [4.69, 9.17) is 9.47 Å². The molecule has 3 nitrogen and oxygen atoms in total. The average molecular weight is 488 g/mol. The first-order valence-corrected chi connectivity index (χ1v) is 11.4. The lowest BCUT2D eigenvalue weighted by atomic mass is 10.0. The Kier molecular flexibility index (Phi) is 7.13. The van der Waals surface area contributed by atoms with E-state index in [0.717, 1.165) is 39.3 Å². The molecule has 0 amide bonds. The number of benzene rings is 4. The van der Waals surface area contributed by atoms with Gasteiger partial charge < -0.3 is 14.8 Å². The van der Waals surface area contributed by atoms with E-state index in [-0.39, 0.29) is 0 Å². The van der Waals surface area contributed by atoms with Gasteiger partial charge in [-0.05, 0) is 59.5 Å². The van der Waals surface area contributed by atoms with E-state index in [2.05, 4.69) is 76.7 Å². The Morgan fingerprint density at radius 2 is 1.59 bits per heavy atom. The van der Waals surface area contributed by atoms with Crippen molar-refractivity contribution in [1.82, 2.24) is 0 Å². The largest absolute Gasteiger partial charge is 0.497 e. The lowest BCUT2D eigenvalue weighted by molar-refractivity contribution is 0.303. The zero-order valence-corrected chi connectivity index (χ0v) is 19.9. The van der Waals surface area contributed by atoms with Gasteiger partial charge in [0, 0.05) is 22.3 Å². The Hall–Kier alpha value is -3.24. The molecule has 0 atom stereocenters. The highest BCUT2D eigenvalue weighted by Crippen LogP contribution is 2.29. The molecule has 0 radical (unpaired) electrons. The SMILES string of the molecule is COc1cccc(COc2cccc(NCc3ccc(-c4ccccc4Br)cc3)c2C)c1. The number of halogens is 1. The zero-order chi connectivity index (χ0) is 22.3. The monoisotopic (exact) mass is 487 g/mol. The molecule has 0 saturated heterocycles. The van der Waals surface area contributed by atoms with Gasteiger partial charge in [-0.15, -0.1) is 0 Å². The van der Waals surface area contributed by atoms with Gasteiger partial charge in [-0.25, -0.2) is 0 Å². The summed E-state index contributed by atoms with van der Waals surface area (Å²) >= 11 is 3.63. The molecule has 0 spiro atoms. The van der Waals surface area contributed by atoms with Gasteiger partial charge in [0.15, 0.2) is 0 Å². The Bertz CT molecular complexity index is 1190. The first-order valence-electron chi connectivity index (χ1n) is 10.6. The van der Waals surface area contributed by atoms with Crippen LogP contribution in [0.3, 0.4) is 0 Å². The van der Waals surface area contributed by atoms with Crippen LogP contribution in [-0.4, -0.2) is 7.11 Å². The predicted molar refractivity (Wildman–Crippen MR) is 135 cm³/mol. The van der Waals surface area contributed by atoms with E-state index >= 15 is 0 Å². The standard InChI is InChI=1S/C28H26BrNO2/c1-20-27(11-6-12-28(20)32-19-22-7-5-8-24(17-22)31-2)30-18-21-13-15-23(16-14-21)25-9-3-4-10-26(25)29/h3-17,30H,18-19H2,1-2H3. The lowest BCUT2D eigenvalue weighted by Gasteiger charge is -2.15. The highest BCUT2D eigenvalue weighted by Gasteiger charge is 2.07. The third-order valence-corrected chi connectivity index (χ3v) is 6.13. The van der Waals surface area contributed by atoms with Crippen LogP contribution in [0.2, 0.25) is 0 Å². The van der Waals surface area contributed by atoms with Gasteiger partial charge in [-0.3, -0.25) is 0 Å². The number of hydrogen-bond acceptors (Lipinski definition) is 3. The van der Waals surface area contributed by atoms with Crippen molar-refractivity contribution in [3.8, 4) is 22.6 Å². The molecule has 4 rings (SSSR count). The van der Waals surface area contributed by atoms with Crippen molar-refractivity contribution in [2.45, 2.75) is 20.1 Å². The summed E-state index contributed by atoms with van der Waals surface area (Å²) in [5.74, 6) is 1.71. The van der Waals surface area contributed by atoms with Gasteiger partial charge in [0.1, 0.15) is 18.1 Å². The lowest BCUT2D eigenvalue weighted by Crippen LogP contribution is -2.03. The Morgan fingerprint density at radius 3 is 2.38 bits per heavy atom. The second-order valence-corrected chi connectivity index (χ2v) is 8.45. The molecule has 0 unspecified atom stereocenters. The molecular weight excluding hydrogens is 462 g/mol. The molecule has 4 heteroatoms. The van der Waals surface area contributed by atoms with E-state index in [1.807, 2.05) is 42.5 Å². The summed E-state index contributed by atoms with van der Waals surface area (Å²) in [6, 6.07) is 31.0. The maximum Gasteiger partial charge on any atom is 0.124 e. The summed E-state index contributed by atoms with van der Waals surface area (Å²) in [6.45, 7) is 3.33. The Labute approximate surface area is 198 Å². The van der Waals surface area contributed by atoms with Crippen molar-refractivity contribution < 1.29 is 9.47 Å². The van der Waals surface area contributed by atoms with E-state index in [1.54, 1.807) is 7.11 Å². The van der Waals surface area contributed by atoms with Gasteiger partial charge in [0.25, 0.3) is 0 Å². The molecule has 0 bridgehead atoms. The molecule has 0 aliphatic rings. The van der Waals surface area contributed by atoms with Crippen LogP contribution in [0, 0.1) is 6.92 Å². The highest BCUT2D eigenvalue weighted by molar-refractivity contribution is 9.10. The van der Waals surface area contributed by atoms with Gasteiger partial charge in [0.05, 0.1) is 7.11 Å². The molecule has 0 fully saturated rings. The first kappa shape index (κ1) is 22.0. The van der Waals surface area contributed by atoms with Crippen molar-refractivity contribution in [3.63, 3.8) is 0 Å². The van der Waals surface area contributed by atoms with Gasteiger partial charge in [-0.2, -0.15) is 0 Å². The molecule has 0 aromatic heterocycles. The van der Waals surface area contributed by atoms with Crippen molar-refractivity contribution in [1.29, 1.82) is 0 Å². The molecule has 4 aromatic carbocycles. The van der Waals surface area contributed by atoms with Crippen molar-refractivity contribution >= 4 is 21.6 Å². The minimum Gasteiger partial charge on any atom is -0.497 e. The molecule has 4 aromatic rings. The molecule has 0 saturated carbocycles. The maximum atomic E-state index is 6.09. The fourth-order valence-electron chi connectivity index (χ4n) is 3.58. The van der Waals surface area contributed by atoms with Gasteiger partial charge >= 0.3 is 0 Å². The number of ether oxygens (including phenoxy) is 2. The van der Waals surface area contributed by atoms with Crippen LogP contribution < -0.4 is 14.8 Å².